The van der Waals surface area contributed by atoms with Crippen LogP contribution in [0, 0.1) is 0 Å². The van der Waals surface area contributed by atoms with Crippen LogP contribution in [0.15, 0.2) is 41.0 Å². The van der Waals surface area contributed by atoms with Crippen molar-refractivity contribution in [1.29, 1.82) is 0 Å². The molecule has 0 aliphatic carbocycles. The number of rotatable bonds is 5. The quantitative estimate of drug-likeness (QED) is 0.772. The second kappa shape index (κ2) is 7.29. The second-order valence-corrected chi connectivity index (χ2v) is 5.70. The van der Waals surface area contributed by atoms with E-state index in [0.717, 1.165) is 35.9 Å². The molecule has 0 fully saturated rings. The molecule has 1 heterocycles. The highest BCUT2D eigenvalue weighted by atomic mass is 32.2. The number of benzene rings is 1. The van der Waals surface area contributed by atoms with Gasteiger partial charge in [0.1, 0.15) is 5.70 Å². The highest BCUT2D eigenvalue weighted by Gasteiger charge is 2.29. The first-order chi connectivity index (χ1) is 9.76. The van der Waals surface area contributed by atoms with Gasteiger partial charge in [-0.1, -0.05) is 55.9 Å². The fourth-order valence-electron chi connectivity index (χ4n) is 1.96. The van der Waals surface area contributed by atoms with Gasteiger partial charge in [-0.05, 0) is 24.5 Å². The molecule has 1 aromatic carbocycles. The Bertz CT molecular complexity index is 523. The Labute approximate surface area is 124 Å². The van der Waals surface area contributed by atoms with E-state index in [1.54, 1.807) is 16.7 Å². The van der Waals surface area contributed by atoms with Crippen molar-refractivity contribution in [3.8, 4) is 0 Å². The monoisotopic (exact) mass is 288 g/mol. The van der Waals surface area contributed by atoms with Crippen LogP contribution < -0.4 is 0 Å². The van der Waals surface area contributed by atoms with E-state index in [-0.39, 0.29) is 5.91 Å². The summed E-state index contributed by atoms with van der Waals surface area (Å²) in [5.74, 6) is 1.01. The average molecular weight is 288 g/mol. The van der Waals surface area contributed by atoms with Gasteiger partial charge in [0.05, 0.1) is 0 Å². The third-order valence-corrected chi connectivity index (χ3v) is 4.08. The molecule has 1 amide bonds. The van der Waals surface area contributed by atoms with Crippen LogP contribution in [0.5, 0.6) is 0 Å². The van der Waals surface area contributed by atoms with Gasteiger partial charge in [-0.25, -0.2) is 4.99 Å². The molecule has 0 spiro atoms. The van der Waals surface area contributed by atoms with Crippen molar-refractivity contribution in [3.05, 3.63) is 41.6 Å². The molecule has 4 heteroatoms. The van der Waals surface area contributed by atoms with Gasteiger partial charge in [0.15, 0.2) is 5.17 Å². The summed E-state index contributed by atoms with van der Waals surface area (Å²) in [6, 6.07) is 9.86. The Hall–Kier alpha value is -1.55. The van der Waals surface area contributed by atoms with E-state index in [4.69, 9.17) is 0 Å². The van der Waals surface area contributed by atoms with E-state index in [9.17, 15) is 4.79 Å². The van der Waals surface area contributed by atoms with E-state index >= 15 is 0 Å². The van der Waals surface area contributed by atoms with Crippen LogP contribution in [0.2, 0.25) is 0 Å². The molecule has 0 radical (unpaired) electrons. The molecule has 0 atom stereocenters. The summed E-state index contributed by atoms with van der Waals surface area (Å²) in [6.07, 6.45) is 3.89. The van der Waals surface area contributed by atoms with E-state index in [1.807, 2.05) is 36.4 Å². The number of aliphatic imine (C=N–C) groups is 1. The van der Waals surface area contributed by atoms with Crippen LogP contribution in [-0.2, 0) is 4.79 Å². The molecule has 0 saturated carbocycles. The molecule has 1 aromatic rings. The van der Waals surface area contributed by atoms with Crippen LogP contribution in [0.3, 0.4) is 0 Å². The van der Waals surface area contributed by atoms with Gasteiger partial charge in [-0.15, -0.1) is 0 Å². The zero-order chi connectivity index (χ0) is 14.4. The number of amides is 1. The smallest absolute Gasteiger partial charge is 0.278 e. The first kappa shape index (κ1) is 14.9. The third kappa shape index (κ3) is 3.51. The lowest BCUT2D eigenvalue weighted by molar-refractivity contribution is -0.122. The Morgan fingerprint density at radius 3 is 2.60 bits per heavy atom. The summed E-state index contributed by atoms with van der Waals surface area (Å²) < 4.78 is 0. The number of thioether (sulfide) groups is 1. The lowest BCUT2D eigenvalue weighted by atomic mass is 10.2. The van der Waals surface area contributed by atoms with Crippen molar-refractivity contribution < 1.29 is 4.79 Å². The number of carbonyl (C=O) groups is 1. The van der Waals surface area contributed by atoms with E-state index < -0.39 is 0 Å². The van der Waals surface area contributed by atoms with Crippen molar-refractivity contribution >= 4 is 28.9 Å². The molecule has 1 aliphatic heterocycles. The number of hydrogen-bond acceptors (Lipinski definition) is 3. The molecule has 106 valence electrons. The highest BCUT2D eigenvalue weighted by Crippen LogP contribution is 2.24. The van der Waals surface area contributed by atoms with Gasteiger partial charge in [0.2, 0.25) is 0 Å². The first-order valence-electron chi connectivity index (χ1n) is 7.06. The number of hydrogen-bond donors (Lipinski definition) is 0. The molecular weight excluding hydrogens is 268 g/mol. The minimum Gasteiger partial charge on any atom is -0.286 e. The maximum atomic E-state index is 12.4. The fourth-order valence-corrected chi connectivity index (χ4v) is 2.84. The number of amidine groups is 1. The molecule has 0 bridgehead atoms. The lowest BCUT2D eigenvalue weighted by Crippen LogP contribution is -2.31. The zero-order valence-electron chi connectivity index (χ0n) is 12.0. The zero-order valence-corrected chi connectivity index (χ0v) is 12.8. The molecule has 20 heavy (non-hydrogen) atoms. The topological polar surface area (TPSA) is 32.7 Å². The molecule has 0 aromatic heterocycles. The highest BCUT2D eigenvalue weighted by molar-refractivity contribution is 8.13. The van der Waals surface area contributed by atoms with Gasteiger partial charge in [-0.3, -0.25) is 9.69 Å². The minimum atomic E-state index is 0.0225. The maximum absolute atomic E-state index is 12.4. The largest absolute Gasteiger partial charge is 0.286 e. The summed E-state index contributed by atoms with van der Waals surface area (Å²) in [7, 11) is 0. The van der Waals surface area contributed by atoms with Crippen LogP contribution >= 0.6 is 11.8 Å². The van der Waals surface area contributed by atoms with Crippen molar-refractivity contribution in [1.82, 2.24) is 4.90 Å². The standard InChI is InChI=1S/C16H20N2OS/c1-3-10-18-15(19)14(17-16(18)20-11-4-2)12-13-8-6-5-7-9-13/h5-9,12H,3-4,10-11H2,1-2H3/b14-12-. The van der Waals surface area contributed by atoms with Crippen molar-refractivity contribution in [2.75, 3.05) is 12.3 Å². The number of nitrogens with zero attached hydrogens (tertiary/aromatic N) is 2. The summed E-state index contributed by atoms with van der Waals surface area (Å²) in [4.78, 5) is 18.7. The van der Waals surface area contributed by atoms with Crippen LogP contribution in [0.25, 0.3) is 6.08 Å². The number of carbonyl (C=O) groups excluding carboxylic acids is 1. The first-order valence-corrected chi connectivity index (χ1v) is 8.05. The average Bonchev–Trinajstić information content (AvgIpc) is 2.75. The van der Waals surface area contributed by atoms with Crippen LogP contribution in [0.1, 0.15) is 32.3 Å². The Balaban J connectivity index is 2.23. The predicted octanol–water partition coefficient (Wildman–Crippen LogP) is 3.78. The van der Waals surface area contributed by atoms with Crippen molar-refractivity contribution in [2.45, 2.75) is 26.7 Å². The third-order valence-electron chi connectivity index (χ3n) is 2.90. The maximum Gasteiger partial charge on any atom is 0.278 e. The van der Waals surface area contributed by atoms with Gasteiger partial charge in [-0.2, -0.15) is 0 Å². The molecule has 0 saturated heterocycles. The van der Waals surface area contributed by atoms with Crippen molar-refractivity contribution in [2.24, 2.45) is 4.99 Å². The summed E-state index contributed by atoms with van der Waals surface area (Å²) in [5.41, 5.74) is 1.56. The van der Waals surface area contributed by atoms with Gasteiger partial charge in [0, 0.05) is 12.3 Å². The van der Waals surface area contributed by atoms with Crippen molar-refractivity contribution in [3.63, 3.8) is 0 Å². The summed E-state index contributed by atoms with van der Waals surface area (Å²) in [6.45, 7) is 4.95. The molecule has 1 aliphatic rings. The fraction of sp³-hybridized carbons (Fsp3) is 0.375. The molecule has 0 unspecified atom stereocenters. The Morgan fingerprint density at radius 1 is 1.20 bits per heavy atom. The molecule has 3 nitrogen and oxygen atoms in total. The normalized spacial score (nSPS) is 16.9. The second-order valence-electron chi connectivity index (χ2n) is 4.64. The minimum absolute atomic E-state index is 0.0225. The van der Waals surface area contributed by atoms with E-state index in [1.165, 1.54) is 0 Å². The van der Waals surface area contributed by atoms with Gasteiger partial charge < -0.3 is 0 Å². The molecular formula is C16H20N2OS. The summed E-state index contributed by atoms with van der Waals surface area (Å²) >= 11 is 1.66. The van der Waals surface area contributed by atoms with Crippen LogP contribution in [0.4, 0.5) is 0 Å². The molecule has 0 N–H and O–H groups in total. The lowest BCUT2D eigenvalue weighted by Gasteiger charge is -2.16. The van der Waals surface area contributed by atoms with Gasteiger partial charge in [0.25, 0.3) is 5.91 Å². The predicted molar refractivity (Wildman–Crippen MR) is 86.6 cm³/mol. The van der Waals surface area contributed by atoms with Crippen LogP contribution in [-0.4, -0.2) is 28.3 Å². The molecule has 2 rings (SSSR count). The Morgan fingerprint density at radius 2 is 1.95 bits per heavy atom. The van der Waals surface area contributed by atoms with E-state index in [0.29, 0.717) is 5.70 Å². The SMILES string of the molecule is CCCSC1=N/C(=C\c2ccccc2)C(=O)N1CCC. The van der Waals surface area contributed by atoms with Gasteiger partial charge >= 0.3 is 0 Å². The Kier molecular flexibility index (Phi) is 5.41. The van der Waals surface area contributed by atoms with E-state index in [2.05, 4.69) is 18.8 Å². The summed E-state index contributed by atoms with van der Waals surface area (Å²) in [5, 5.41) is 0.848.